The molecule has 22 heavy (non-hydrogen) atoms. The molecule has 2 amide bonds. The highest BCUT2D eigenvalue weighted by Gasteiger charge is 2.16. The Labute approximate surface area is 127 Å². The molecule has 8 heteroatoms. The predicted molar refractivity (Wildman–Crippen MR) is 83.3 cm³/mol. The van der Waals surface area contributed by atoms with Gasteiger partial charge in [0.05, 0.1) is 27.7 Å². The third kappa shape index (κ3) is 3.05. The van der Waals surface area contributed by atoms with E-state index in [0.717, 1.165) is 11.3 Å². The molecule has 0 atom stereocenters. The van der Waals surface area contributed by atoms with Crippen LogP contribution in [0.5, 0.6) is 0 Å². The van der Waals surface area contributed by atoms with E-state index in [0.29, 0.717) is 22.6 Å². The van der Waals surface area contributed by atoms with Gasteiger partial charge in [0.2, 0.25) is 0 Å². The second-order valence-corrected chi connectivity index (χ2v) is 5.10. The first-order valence-corrected chi connectivity index (χ1v) is 6.64. The number of carbonyl (C=O) groups is 1. The number of hydrogen-bond acceptors (Lipinski definition) is 4. The summed E-state index contributed by atoms with van der Waals surface area (Å²) in [4.78, 5) is 22.6. The molecule has 3 N–H and O–H groups in total. The molecule has 0 aliphatic heterocycles. The number of benzene rings is 1. The number of urea groups is 1. The quantitative estimate of drug-likeness (QED) is 0.596. The van der Waals surface area contributed by atoms with Crippen LogP contribution in [0.2, 0.25) is 0 Å². The van der Waals surface area contributed by atoms with Gasteiger partial charge in [-0.05, 0) is 39.3 Å². The van der Waals surface area contributed by atoms with Crippen LogP contribution in [0.3, 0.4) is 0 Å². The number of aromatic nitrogens is 2. The van der Waals surface area contributed by atoms with Crippen molar-refractivity contribution in [2.45, 2.75) is 27.7 Å². The van der Waals surface area contributed by atoms with Crippen LogP contribution in [0.15, 0.2) is 12.1 Å². The van der Waals surface area contributed by atoms with Crippen molar-refractivity contribution in [3.63, 3.8) is 0 Å². The zero-order valence-corrected chi connectivity index (χ0v) is 12.8. The van der Waals surface area contributed by atoms with Gasteiger partial charge in [0.15, 0.2) is 0 Å². The SMILES string of the molecule is Cc1cc(C)c([N+](=O)[O-])cc1NC(=O)Nc1c(C)n[nH]c1C. The molecule has 0 unspecified atom stereocenters. The van der Waals surface area contributed by atoms with Crippen molar-refractivity contribution in [2.24, 2.45) is 0 Å². The van der Waals surface area contributed by atoms with Gasteiger partial charge in [0.25, 0.3) is 5.69 Å². The Hall–Kier alpha value is -2.90. The van der Waals surface area contributed by atoms with Crippen LogP contribution >= 0.6 is 0 Å². The molecule has 1 heterocycles. The lowest BCUT2D eigenvalue weighted by Gasteiger charge is -2.11. The highest BCUT2D eigenvalue weighted by atomic mass is 16.6. The average Bonchev–Trinajstić information content (AvgIpc) is 2.73. The lowest BCUT2D eigenvalue weighted by atomic mass is 10.1. The van der Waals surface area contributed by atoms with E-state index >= 15 is 0 Å². The van der Waals surface area contributed by atoms with Crippen molar-refractivity contribution in [1.82, 2.24) is 10.2 Å². The fourth-order valence-electron chi connectivity index (χ4n) is 2.17. The van der Waals surface area contributed by atoms with Crippen LogP contribution in [0.25, 0.3) is 0 Å². The fourth-order valence-corrected chi connectivity index (χ4v) is 2.17. The van der Waals surface area contributed by atoms with Gasteiger partial charge in [0.1, 0.15) is 0 Å². The Morgan fingerprint density at radius 1 is 1.18 bits per heavy atom. The normalized spacial score (nSPS) is 10.4. The number of carbonyl (C=O) groups excluding carboxylic acids is 1. The van der Waals surface area contributed by atoms with Gasteiger partial charge in [-0.15, -0.1) is 0 Å². The maximum Gasteiger partial charge on any atom is 0.323 e. The Kier molecular flexibility index (Phi) is 4.11. The zero-order chi connectivity index (χ0) is 16.4. The van der Waals surface area contributed by atoms with E-state index in [9.17, 15) is 14.9 Å². The Morgan fingerprint density at radius 2 is 1.86 bits per heavy atom. The third-order valence-electron chi connectivity index (χ3n) is 3.35. The van der Waals surface area contributed by atoms with E-state index in [1.807, 2.05) is 0 Å². The van der Waals surface area contributed by atoms with Gasteiger partial charge in [-0.2, -0.15) is 5.10 Å². The third-order valence-corrected chi connectivity index (χ3v) is 3.35. The monoisotopic (exact) mass is 303 g/mol. The Balaban J connectivity index is 2.22. The summed E-state index contributed by atoms with van der Waals surface area (Å²) in [6.45, 7) is 6.99. The van der Waals surface area contributed by atoms with E-state index in [1.54, 1.807) is 33.8 Å². The van der Waals surface area contributed by atoms with Crippen molar-refractivity contribution < 1.29 is 9.72 Å². The van der Waals surface area contributed by atoms with E-state index in [2.05, 4.69) is 20.8 Å². The summed E-state index contributed by atoms with van der Waals surface area (Å²) < 4.78 is 0. The molecule has 0 bridgehead atoms. The average molecular weight is 303 g/mol. The number of nitro benzene ring substituents is 1. The second-order valence-electron chi connectivity index (χ2n) is 5.10. The van der Waals surface area contributed by atoms with Crippen LogP contribution in [0.1, 0.15) is 22.5 Å². The molecule has 0 saturated carbocycles. The van der Waals surface area contributed by atoms with Gasteiger partial charge in [-0.25, -0.2) is 4.79 Å². The van der Waals surface area contributed by atoms with E-state index in [4.69, 9.17) is 0 Å². The number of nitrogens with zero attached hydrogens (tertiary/aromatic N) is 2. The van der Waals surface area contributed by atoms with Crippen molar-refractivity contribution in [1.29, 1.82) is 0 Å². The largest absolute Gasteiger partial charge is 0.323 e. The van der Waals surface area contributed by atoms with Crippen LogP contribution < -0.4 is 10.6 Å². The molecule has 0 saturated heterocycles. The van der Waals surface area contributed by atoms with Crippen molar-refractivity contribution in [3.05, 3.63) is 44.8 Å². The molecule has 0 radical (unpaired) electrons. The highest BCUT2D eigenvalue weighted by molar-refractivity contribution is 6.01. The number of rotatable bonds is 3. The molecular weight excluding hydrogens is 286 g/mol. The molecule has 2 aromatic rings. The summed E-state index contributed by atoms with van der Waals surface area (Å²) in [5, 5.41) is 23.0. The molecule has 1 aromatic carbocycles. The smallest absolute Gasteiger partial charge is 0.307 e. The molecular formula is C14H17N5O3. The summed E-state index contributed by atoms with van der Waals surface area (Å²) in [6.07, 6.45) is 0. The van der Waals surface area contributed by atoms with Crippen LogP contribution in [-0.4, -0.2) is 21.2 Å². The molecule has 0 aliphatic carbocycles. The number of H-pyrrole nitrogens is 1. The van der Waals surface area contributed by atoms with Gasteiger partial charge in [-0.1, -0.05) is 0 Å². The highest BCUT2D eigenvalue weighted by Crippen LogP contribution is 2.26. The summed E-state index contributed by atoms with van der Waals surface area (Å²) in [5.41, 5.74) is 3.66. The zero-order valence-electron chi connectivity index (χ0n) is 12.8. The molecule has 116 valence electrons. The fraction of sp³-hybridized carbons (Fsp3) is 0.286. The summed E-state index contributed by atoms with van der Waals surface area (Å²) in [5.74, 6) is 0. The standard InChI is InChI=1S/C14H17N5O3/c1-7-5-8(2)12(19(21)22)6-11(7)15-14(20)16-13-9(3)17-18-10(13)4/h5-6H,1-4H3,(H,17,18)(H2,15,16,20). The molecule has 1 aromatic heterocycles. The van der Waals surface area contributed by atoms with Crippen molar-refractivity contribution in [3.8, 4) is 0 Å². The first-order chi connectivity index (χ1) is 10.3. The predicted octanol–water partition coefficient (Wildman–Crippen LogP) is 3.20. The maximum absolute atomic E-state index is 12.1. The van der Waals surface area contributed by atoms with E-state index < -0.39 is 11.0 Å². The van der Waals surface area contributed by atoms with Gasteiger partial charge in [-0.3, -0.25) is 15.2 Å². The number of hydrogen-bond donors (Lipinski definition) is 3. The summed E-state index contributed by atoms with van der Waals surface area (Å²) >= 11 is 0. The molecule has 0 spiro atoms. The summed E-state index contributed by atoms with van der Waals surface area (Å²) in [6, 6.07) is 2.55. The van der Waals surface area contributed by atoms with Gasteiger partial charge >= 0.3 is 6.03 Å². The number of aryl methyl sites for hydroxylation is 4. The van der Waals surface area contributed by atoms with Crippen molar-refractivity contribution >= 4 is 23.1 Å². The molecule has 8 nitrogen and oxygen atoms in total. The number of nitro groups is 1. The van der Waals surface area contributed by atoms with Crippen molar-refractivity contribution in [2.75, 3.05) is 10.6 Å². The molecule has 2 rings (SSSR count). The topological polar surface area (TPSA) is 113 Å². The van der Waals surface area contributed by atoms with Gasteiger partial charge < -0.3 is 10.6 Å². The second kappa shape index (κ2) is 5.84. The Morgan fingerprint density at radius 3 is 2.41 bits per heavy atom. The first-order valence-electron chi connectivity index (χ1n) is 6.64. The number of anilines is 2. The minimum Gasteiger partial charge on any atom is -0.307 e. The van der Waals surface area contributed by atoms with E-state index in [-0.39, 0.29) is 5.69 Å². The van der Waals surface area contributed by atoms with Crippen LogP contribution in [-0.2, 0) is 0 Å². The number of nitrogens with one attached hydrogen (secondary N) is 3. The summed E-state index contributed by atoms with van der Waals surface area (Å²) in [7, 11) is 0. The lowest BCUT2D eigenvalue weighted by molar-refractivity contribution is -0.385. The lowest BCUT2D eigenvalue weighted by Crippen LogP contribution is -2.20. The maximum atomic E-state index is 12.1. The minimum atomic E-state index is -0.478. The first kappa shape index (κ1) is 15.5. The number of aromatic amines is 1. The van der Waals surface area contributed by atoms with Crippen LogP contribution in [0, 0.1) is 37.8 Å². The van der Waals surface area contributed by atoms with Gasteiger partial charge in [0, 0.05) is 11.6 Å². The Bertz CT molecular complexity index is 732. The van der Waals surface area contributed by atoms with E-state index in [1.165, 1.54) is 6.07 Å². The molecule has 0 fully saturated rings. The minimum absolute atomic E-state index is 0.0310. The number of amides is 2. The van der Waals surface area contributed by atoms with Crippen LogP contribution in [0.4, 0.5) is 21.9 Å². The molecule has 0 aliphatic rings.